The van der Waals surface area contributed by atoms with Crippen LogP contribution >= 0.6 is 0 Å². The summed E-state index contributed by atoms with van der Waals surface area (Å²) in [7, 11) is 2.12. The van der Waals surface area contributed by atoms with Gasteiger partial charge in [0.05, 0.1) is 18.3 Å². The van der Waals surface area contributed by atoms with Gasteiger partial charge >= 0.3 is 0 Å². The van der Waals surface area contributed by atoms with Crippen molar-refractivity contribution >= 4 is 0 Å². The normalized spacial score (nSPS) is 31.8. The second-order valence-electron chi connectivity index (χ2n) is 6.29. The number of aliphatic hydroxyl groups is 1. The standard InChI is InChI=1S/C14H28N2O2/c1-11-6-16(7-12(2)18-11)10-14(17)9-15(3)8-13-4-5-13/h11-14,17H,4-10H2,1-3H3/t11-,12+,14-/m1/s1. The molecule has 2 rings (SSSR count). The van der Waals surface area contributed by atoms with Crippen molar-refractivity contribution < 1.29 is 9.84 Å². The first-order valence-electron chi connectivity index (χ1n) is 7.27. The van der Waals surface area contributed by atoms with Crippen molar-refractivity contribution in [2.75, 3.05) is 39.8 Å². The van der Waals surface area contributed by atoms with Gasteiger partial charge in [0.1, 0.15) is 0 Å². The van der Waals surface area contributed by atoms with Gasteiger partial charge in [0.25, 0.3) is 0 Å². The molecular weight excluding hydrogens is 228 g/mol. The van der Waals surface area contributed by atoms with Crippen molar-refractivity contribution in [3.63, 3.8) is 0 Å². The van der Waals surface area contributed by atoms with E-state index in [1.165, 1.54) is 12.8 Å². The number of ether oxygens (including phenoxy) is 1. The Kier molecular flexibility index (Phi) is 5.01. The van der Waals surface area contributed by atoms with Gasteiger partial charge in [-0.25, -0.2) is 0 Å². The molecule has 18 heavy (non-hydrogen) atoms. The van der Waals surface area contributed by atoms with Crippen LogP contribution in [0.1, 0.15) is 26.7 Å². The lowest BCUT2D eigenvalue weighted by atomic mass is 10.2. The van der Waals surface area contributed by atoms with Gasteiger partial charge in [0.15, 0.2) is 0 Å². The molecule has 0 aromatic heterocycles. The Morgan fingerprint density at radius 1 is 1.28 bits per heavy atom. The molecule has 1 heterocycles. The zero-order valence-electron chi connectivity index (χ0n) is 12.0. The monoisotopic (exact) mass is 256 g/mol. The third-order valence-electron chi connectivity index (χ3n) is 3.75. The van der Waals surface area contributed by atoms with Gasteiger partial charge in [-0.2, -0.15) is 0 Å². The number of nitrogens with zero attached hydrogens (tertiary/aromatic N) is 2. The number of likely N-dealkylation sites (N-methyl/N-ethyl adjacent to an activating group) is 1. The molecule has 4 nitrogen and oxygen atoms in total. The average molecular weight is 256 g/mol. The Labute approximate surface area is 111 Å². The van der Waals surface area contributed by atoms with Crippen LogP contribution in [0.3, 0.4) is 0 Å². The van der Waals surface area contributed by atoms with E-state index in [-0.39, 0.29) is 18.3 Å². The van der Waals surface area contributed by atoms with Crippen molar-refractivity contribution in [1.82, 2.24) is 9.80 Å². The quantitative estimate of drug-likeness (QED) is 0.762. The highest BCUT2D eigenvalue weighted by atomic mass is 16.5. The zero-order chi connectivity index (χ0) is 13.1. The van der Waals surface area contributed by atoms with Crippen LogP contribution in [0.15, 0.2) is 0 Å². The van der Waals surface area contributed by atoms with E-state index in [1.54, 1.807) is 0 Å². The fraction of sp³-hybridized carbons (Fsp3) is 1.00. The van der Waals surface area contributed by atoms with Crippen LogP contribution in [0.5, 0.6) is 0 Å². The van der Waals surface area contributed by atoms with Gasteiger partial charge in [-0.1, -0.05) is 0 Å². The lowest BCUT2D eigenvalue weighted by Crippen LogP contribution is -2.49. The number of morpholine rings is 1. The lowest BCUT2D eigenvalue weighted by molar-refractivity contribution is -0.0777. The van der Waals surface area contributed by atoms with Crippen molar-refractivity contribution in [3.8, 4) is 0 Å². The Balaban J connectivity index is 1.67. The smallest absolute Gasteiger partial charge is 0.0793 e. The summed E-state index contributed by atoms with van der Waals surface area (Å²) in [6.07, 6.45) is 3.07. The van der Waals surface area contributed by atoms with Crippen molar-refractivity contribution in [2.24, 2.45) is 5.92 Å². The highest BCUT2D eigenvalue weighted by molar-refractivity contribution is 4.79. The minimum atomic E-state index is -0.244. The third kappa shape index (κ3) is 4.84. The van der Waals surface area contributed by atoms with Crippen LogP contribution in [0, 0.1) is 5.92 Å². The molecule has 3 atom stereocenters. The molecule has 4 heteroatoms. The molecule has 106 valence electrons. The van der Waals surface area contributed by atoms with E-state index in [0.717, 1.165) is 38.6 Å². The molecule has 0 spiro atoms. The SMILES string of the molecule is C[C@@H]1CN(C[C@H](O)CN(C)CC2CC2)C[C@H](C)O1. The number of aliphatic hydroxyl groups excluding tert-OH is 1. The van der Waals surface area contributed by atoms with Gasteiger partial charge < -0.3 is 14.7 Å². The van der Waals surface area contributed by atoms with E-state index in [1.807, 2.05) is 0 Å². The second-order valence-corrected chi connectivity index (χ2v) is 6.29. The van der Waals surface area contributed by atoms with Gasteiger partial charge in [-0.05, 0) is 39.7 Å². The Hall–Kier alpha value is -0.160. The third-order valence-corrected chi connectivity index (χ3v) is 3.75. The Bertz CT molecular complexity index is 248. The summed E-state index contributed by atoms with van der Waals surface area (Å²) in [5.41, 5.74) is 0. The molecule has 1 aliphatic carbocycles. The molecule has 0 aromatic rings. The summed E-state index contributed by atoms with van der Waals surface area (Å²) < 4.78 is 5.71. The molecule has 1 aliphatic heterocycles. The molecule has 1 saturated carbocycles. The second kappa shape index (κ2) is 6.33. The Morgan fingerprint density at radius 3 is 2.44 bits per heavy atom. The maximum atomic E-state index is 10.2. The van der Waals surface area contributed by atoms with Crippen LogP contribution in [-0.4, -0.2) is 73.0 Å². The molecule has 1 saturated heterocycles. The minimum absolute atomic E-state index is 0.244. The molecule has 0 unspecified atom stereocenters. The summed E-state index contributed by atoms with van der Waals surface area (Å²) in [5, 5.41) is 10.2. The minimum Gasteiger partial charge on any atom is -0.390 e. The predicted octanol–water partition coefficient (Wildman–Crippen LogP) is 0.798. The summed E-state index contributed by atoms with van der Waals surface area (Å²) in [6.45, 7) is 8.79. The molecule has 2 fully saturated rings. The maximum Gasteiger partial charge on any atom is 0.0793 e. The van der Waals surface area contributed by atoms with Gasteiger partial charge in [0, 0.05) is 32.7 Å². The van der Waals surface area contributed by atoms with Crippen LogP contribution in [0.2, 0.25) is 0 Å². The fourth-order valence-corrected chi connectivity index (χ4v) is 2.96. The van der Waals surface area contributed by atoms with Crippen LogP contribution in [0.4, 0.5) is 0 Å². The number of β-amino-alcohol motifs (C(OH)–C–C–N with tert-alkyl or cyclic N) is 1. The summed E-state index contributed by atoms with van der Waals surface area (Å²) in [4.78, 5) is 4.60. The molecule has 2 aliphatic rings. The van der Waals surface area contributed by atoms with Crippen LogP contribution in [0.25, 0.3) is 0 Å². The van der Waals surface area contributed by atoms with Crippen molar-refractivity contribution in [2.45, 2.75) is 45.0 Å². The summed E-state index contributed by atoms with van der Waals surface area (Å²) >= 11 is 0. The largest absolute Gasteiger partial charge is 0.390 e. The summed E-state index contributed by atoms with van der Waals surface area (Å²) in [5.74, 6) is 0.894. The van der Waals surface area contributed by atoms with Crippen LogP contribution in [-0.2, 0) is 4.74 Å². The first-order valence-corrected chi connectivity index (χ1v) is 7.27. The highest BCUT2D eigenvalue weighted by Gasteiger charge is 2.26. The van der Waals surface area contributed by atoms with Gasteiger partial charge in [-0.3, -0.25) is 4.90 Å². The maximum absolute atomic E-state index is 10.2. The number of hydrogen-bond acceptors (Lipinski definition) is 4. The van der Waals surface area contributed by atoms with Crippen molar-refractivity contribution in [1.29, 1.82) is 0 Å². The van der Waals surface area contributed by atoms with E-state index >= 15 is 0 Å². The summed E-state index contributed by atoms with van der Waals surface area (Å²) in [6, 6.07) is 0. The van der Waals surface area contributed by atoms with E-state index in [4.69, 9.17) is 4.74 Å². The van der Waals surface area contributed by atoms with Gasteiger partial charge in [-0.15, -0.1) is 0 Å². The van der Waals surface area contributed by atoms with E-state index in [2.05, 4.69) is 30.7 Å². The topological polar surface area (TPSA) is 35.9 Å². The van der Waals surface area contributed by atoms with Gasteiger partial charge in [0.2, 0.25) is 0 Å². The molecule has 0 radical (unpaired) electrons. The number of rotatable bonds is 6. The fourth-order valence-electron chi connectivity index (χ4n) is 2.96. The first kappa shape index (κ1) is 14.3. The average Bonchev–Trinajstić information content (AvgIpc) is 2.98. The van der Waals surface area contributed by atoms with E-state index in [9.17, 15) is 5.11 Å². The first-order chi connectivity index (χ1) is 8.52. The lowest BCUT2D eigenvalue weighted by Gasteiger charge is -2.36. The Morgan fingerprint density at radius 2 is 1.89 bits per heavy atom. The van der Waals surface area contributed by atoms with Crippen LogP contribution < -0.4 is 0 Å². The van der Waals surface area contributed by atoms with E-state index < -0.39 is 0 Å². The highest BCUT2D eigenvalue weighted by Crippen LogP contribution is 2.29. The predicted molar refractivity (Wildman–Crippen MR) is 72.7 cm³/mol. The molecule has 0 amide bonds. The zero-order valence-corrected chi connectivity index (χ0v) is 12.0. The van der Waals surface area contributed by atoms with E-state index in [0.29, 0.717) is 0 Å². The number of hydrogen-bond donors (Lipinski definition) is 1. The van der Waals surface area contributed by atoms with Crippen molar-refractivity contribution in [3.05, 3.63) is 0 Å². The molecular formula is C14H28N2O2. The molecule has 1 N–H and O–H groups in total. The molecule has 0 bridgehead atoms. The molecule has 0 aromatic carbocycles.